The van der Waals surface area contributed by atoms with Crippen LogP contribution in [0.25, 0.3) is 0 Å². The second-order valence-electron chi connectivity index (χ2n) is 6.22. The number of amides is 1. The smallest absolute Gasteiger partial charge is 0.257 e. The summed E-state index contributed by atoms with van der Waals surface area (Å²) < 4.78 is 5.03. The van der Waals surface area contributed by atoms with Crippen LogP contribution in [0.4, 0.5) is 5.95 Å². The van der Waals surface area contributed by atoms with E-state index in [1.807, 2.05) is 11.1 Å². The Balaban J connectivity index is 1.65. The third-order valence-electron chi connectivity index (χ3n) is 4.89. The van der Waals surface area contributed by atoms with Crippen LogP contribution in [0, 0.1) is 0 Å². The number of aryl methyl sites for hydroxylation is 1. The first-order chi connectivity index (χ1) is 10.7. The van der Waals surface area contributed by atoms with E-state index < -0.39 is 0 Å². The number of likely N-dealkylation sites (tertiary alicyclic amines) is 1. The zero-order valence-corrected chi connectivity index (χ0v) is 12.3. The molecule has 6 nitrogen and oxygen atoms in total. The molecule has 1 atom stereocenters. The normalized spacial score (nSPS) is 23.7. The number of carbonyl (C=O) groups is 1. The molecule has 6 heteroatoms. The maximum absolute atomic E-state index is 12.6. The van der Waals surface area contributed by atoms with Gasteiger partial charge in [-0.15, -0.1) is 0 Å². The Hall–Kier alpha value is -2.37. The topological polar surface area (TPSA) is 85.2 Å². The number of carbonyl (C=O) groups excluding carboxylic acids is 1. The molecule has 1 spiro atoms. The Kier molecular flexibility index (Phi) is 2.92. The zero-order chi connectivity index (χ0) is 15.2. The lowest BCUT2D eigenvalue weighted by molar-refractivity contribution is 0.0633. The van der Waals surface area contributed by atoms with Crippen molar-refractivity contribution in [1.82, 2.24) is 14.9 Å². The summed E-state index contributed by atoms with van der Waals surface area (Å²) in [5.74, 6) is 0.349. The summed E-state index contributed by atoms with van der Waals surface area (Å²) in [4.78, 5) is 23.1. The fourth-order valence-electron chi connectivity index (χ4n) is 3.83. The van der Waals surface area contributed by atoms with Gasteiger partial charge in [0.05, 0.1) is 17.5 Å². The maximum Gasteiger partial charge on any atom is 0.257 e. The summed E-state index contributed by atoms with van der Waals surface area (Å²) in [6, 6.07) is 1.71. The molecule has 1 aliphatic carbocycles. The molecule has 2 N–H and O–H groups in total. The number of nitrogens with zero attached hydrogens (tertiary/aromatic N) is 3. The summed E-state index contributed by atoms with van der Waals surface area (Å²) in [7, 11) is 0. The van der Waals surface area contributed by atoms with E-state index in [0.29, 0.717) is 18.1 Å². The number of nitrogen functional groups attached to an aromatic ring is 1. The van der Waals surface area contributed by atoms with Gasteiger partial charge in [0.1, 0.15) is 6.26 Å². The average Bonchev–Trinajstić information content (AvgIpc) is 3.17. The summed E-state index contributed by atoms with van der Waals surface area (Å²) in [6.07, 6.45) is 8.87. The monoisotopic (exact) mass is 298 g/mol. The highest BCUT2D eigenvalue weighted by atomic mass is 16.3. The van der Waals surface area contributed by atoms with Gasteiger partial charge in [-0.2, -0.15) is 0 Å². The lowest BCUT2D eigenvalue weighted by Gasteiger charge is -2.40. The van der Waals surface area contributed by atoms with Crippen LogP contribution in [0.1, 0.15) is 40.9 Å². The molecular weight excluding hydrogens is 280 g/mol. The van der Waals surface area contributed by atoms with E-state index in [4.69, 9.17) is 10.2 Å². The largest absolute Gasteiger partial charge is 0.472 e. The molecule has 1 saturated heterocycles. The fraction of sp³-hybridized carbons (Fsp3) is 0.438. The quantitative estimate of drug-likeness (QED) is 0.867. The molecule has 2 aromatic rings. The predicted octanol–water partition coefficient (Wildman–Crippen LogP) is 1.77. The number of furan rings is 1. The molecule has 2 aliphatic rings. The van der Waals surface area contributed by atoms with Gasteiger partial charge in [0.15, 0.2) is 0 Å². The van der Waals surface area contributed by atoms with E-state index >= 15 is 0 Å². The van der Waals surface area contributed by atoms with Crippen molar-refractivity contribution in [3.8, 4) is 0 Å². The van der Waals surface area contributed by atoms with E-state index in [9.17, 15) is 4.79 Å². The SMILES string of the molecule is Nc1ncc2c(n1)C1(CCCN(C(=O)c3ccoc3)C1)CC2. The highest BCUT2D eigenvalue weighted by Gasteiger charge is 2.44. The standard InChI is InChI=1S/C16H18N4O2/c17-15-18-8-11-2-5-16(13(11)19-15)4-1-6-20(10-16)14(21)12-3-7-22-9-12/h3,7-9H,1-2,4-6,10H2,(H2,17,18,19). The lowest BCUT2D eigenvalue weighted by Crippen LogP contribution is -2.47. The van der Waals surface area contributed by atoms with Crippen LogP contribution < -0.4 is 5.73 Å². The molecule has 1 amide bonds. The van der Waals surface area contributed by atoms with E-state index in [0.717, 1.165) is 37.9 Å². The minimum atomic E-state index is -0.0654. The van der Waals surface area contributed by atoms with Crippen molar-refractivity contribution in [2.75, 3.05) is 18.8 Å². The number of fused-ring (bicyclic) bond motifs is 2. The van der Waals surface area contributed by atoms with Crippen molar-refractivity contribution >= 4 is 11.9 Å². The summed E-state index contributed by atoms with van der Waals surface area (Å²) in [6.45, 7) is 1.47. The Morgan fingerprint density at radius 3 is 3.14 bits per heavy atom. The highest BCUT2D eigenvalue weighted by molar-refractivity contribution is 5.94. The fourth-order valence-corrected chi connectivity index (χ4v) is 3.83. The van der Waals surface area contributed by atoms with Gasteiger partial charge in [0.2, 0.25) is 5.95 Å². The Morgan fingerprint density at radius 1 is 1.41 bits per heavy atom. The maximum atomic E-state index is 12.6. The second kappa shape index (κ2) is 4.83. The zero-order valence-electron chi connectivity index (χ0n) is 12.3. The van der Waals surface area contributed by atoms with Crippen LogP contribution in [0.3, 0.4) is 0 Å². The average molecular weight is 298 g/mol. The van der Waals surface area contributed by atoms with Crippen LogP contribution in [0.2, 0.25) is 0 Å². The first-order valence-electron chi connectivity index (χ1n) is 7.61. The number of anilines is 1. The highest BCUT2D eigenvalue weighted by Crippen LogP contribution is 2.44. The third kappa shape index (κ3) is 1.98. The number of rotatable bonds is 1. The molecule has 0 radical (unpaired) electrons. The third-order valence-corrected chi connectivity index (χ3v) is 4.89. The van der Waals surface area contributed by atoms with E-state index in [1.54, 1.807) is 6.07 Å². The van der Waals surface area contributed by atoms with Crippen molar-refractivity contribution in [3.63, 3.8) is 0 Å². The molecule has 0 saturated carbocycles. The van der Waals surface area contributed by atoms with Gasteiger partial charge in [-0.3, -0.25) is 4.79 Å². The molecule has 3 heterocycles. The number of hydrogen-bond acceptors (Lipinski definition) is 5. The molecule has 114 valence electrons. The minimum Gasteiger partial charge on any atom is -0.472 e. The van der Waals surface area contributed by atoms with Gasteiger partial charge in [0.25, 0.3) is 5.91 Å². The number of piperidine rings is 1. The van der Waals surface area contributed by atoms with Gasteiger partial charge in [-0.25, -0.2) is 9.97 Å². The Labute approximate surface area is 128 Å². The van der Waals surface area contributed by atoms with Gasteiger partial charge < -0.3 is 15.1 Å². The molecule has 4 rings (SSSR count). The van der Waals surface area contributed by atoms with E-state index in [-0.39, 0.29) is 11.3 Å². The first-order valence-corrected chi connectivity index (χ1v) is 7.61. The molecule has 0 bridgehead atoms. The minimum absolute atomic E-state index is 0.0308. The van der Waals surface area contributed by atoms with Gasteiger partial charge >= 0.3 is 0 Å². The molecule has 1 unspecified atom stereocenters. The van der Waals surface area contributed by atoms with Gasteiger partial charge in [-0.05, 0) is 37.3 Å². The van der Waals surface area contributed by atoms with Crippen molar-refractivity contribution in [2.24, 2.45) is 0 Å². The molecule has 2 aromatic heterocycles. The Bertz CT molecular complexity index is 709. The summed E-state index contributed by atoms with van der Waals surface area (Å²) in [5.41, 5.74) is 8.54. The molecule has 0 aromatic carbocycles. The van der Waals surface area contributed by atoms with Crippen molar-refractivity contribution in [2.45, 2.75) is 31.1 Å². The molecular formula is C16H18N4O2. The Morgan fingerprint density at radius 2 is 2.32 bits per heavy atom. The van der Waals surface area contributed by atoms with Gasteiger partial charge in [0, 0.05) is 24.7 Å². The van der Waals surface area contributed by atoms with Gasteiger partial charge in [-0.1, -0.05) is 0 Å². The first kappa shape index (κ1) is 13.3. The number of aromatic nitrogens is 2. The lowest BCUT2D eigenvalue weighted by atomic mass is 9.77. The van der Waals surface area contributed by atoms with Crippen molar-refractivity contribution < 1.29 is 9.21 Å². The van der Waals surface area contributed by atoms with Crippen molar-refractivity contribution in [1.29, 1.82) is 0 Å². The van der Waals surface area contributed by atoms with Crippen molar-refractivity contribution in [3.05, 3.63) is 41.6 Å². The second-order valence-corrected chi connectivity index (χ2v) is 6.22. The summed E-state index contributed by atoms with van der Waals surface area (Å²) >= 11 is 0. The number of nitrogens with two attached hydrogens (primary N) is 1. The van der Waals surface area contributed by atoms with E-state index in [2.05, 4.69) is 9.97 Å². The molecule has 1 fully saturated rings. The predicted molar refractivity (Wildman–Crippen MR) is 80.3 cm³/mol. The number of hydrogen-bond donors (Lipinski definition) is 1. The van der Waals surface area contributed by atoms with Crippen LogP contribution in [0.15, 0.2) is 29.2 Å². The van der Waals surface area contributed by atoms with Crippen LogP contribution in [0.5, 0.6) is 0 Å². The van der Waals surface area contributed by atoms with Crippen LogP contribution in [-0.4, -0.2) is 33.9 Å². The summed E-state index contributed by atoms with van der Waals surface area (Å²) in [5, 5.41) is 0. The molecule has 22 heavy (non-hydrogen) atoms. The van der Waals surface area contributed by atoms with Crippen LogP contribution in [-0.2, 0) is 11.8 Å². The van der Waals surface area contributed by atoms with Crippen LogP contribution >= 0.6 is 0 Å². The molecule has 1 aliphatic heterocycles. The van der Waals surface area contributed by atoms with E-state index in [1.165, 1.54) is 18.1 Å².